The summed E-state index contributed by atoms with van der Waals surface area (Å²) in [4.78, 5) is 29.5. The van der Waals surface area contributed by atoms with Crippen molar-refractivity contribution in [3.8, 4) is 11.5 Å². The van der Waals surface area contributed by atoms with E-state index in [1.807, 2.05) is 11.0 Å². The summed E-state index contributed by atoms with van der Waals surface area (Å²) < 4.78 is 15.9. The quantitative estimate of drug-likeness (QED) is 0.789. The van der Waals surface area contributed by atoms with Gasteiger partial charge in [-0.2, -0.15) is 0 Å². The number of ether oxygens (including phenoxy) is 3. The van der Waals surface area contributed by atoms with Crippen molar-refractivity contribution in [2.24, 2.45) is 5.92 Å². The van der Waals surface area contributed by atoms with E-state index in [9.17, 15) is 9.59 Å². The molecule has 8 heteroatoms. The van der Waals surface area contributed by atoms with Crippen LogP contribution in [0.2, 0.25) is 0 Å². The van der Waals surface area contributed by atoms with Crippen molar-refractivity contribution in [1.29, 1.82) is 0 Å². The topological polar surface area (TPSA) is 77.1 Å². The lowest BCUT2D eigenvalue weighted by Crippen LogP contribution is -2.40. The summed E-state index contributed by atoms with van der Waals surface area (Å²) in [6, 6.07) is 7.30. The van der Waals surface area contributed by atoms with E-state index in [0.717, 1.165) is 23.3 Å². The fourth-order valence-electron chi connectivity index (χ4n) is 3.90. The zero-order valence-electron chi connectivity index (χ0n) is 17.2. The number of methoxy groups -OCH3 is 2. The highest BCUT2D eigenvalue weighted by Crippen LogP contribution is 2.34. The average molecular weight is 431 g/mol. The van der Waals surface area contributed by atoms with Crippen molar-refractivity contribution in [1.82, 2.24) is 4.90 Å². The van der Waals surface area contributed by atoms with Crippen LogP contribution in [0.3, 0.4) is 0 Å². The Morgan fingerprint density at radius 2 is 1.80 bits per heavy atom. The van der Waals surface area contributed by atoms with E-state index >= 15 is 0 Å². The number of anilines is 1. The Morgan fingerprint density at radius 1 is 1.10 bits per heavy atom. The molecule has 1 aliphatic heterocycles. The number of hydrogen-bond acceptors (Lipinski definition) is 6. The van der Waals surface area contributed by atoms with E-state index in [0.29, 0.717) is 49.9 Å². The number of thiophene rings is 1. The predicted molar refractivity (Wildman–Crippen MR) is 115 cm³/mol. The molecule has 7 nitrogen and oxygen atoms in total. The third-order valence-electron chi connectivity index (χ3n) is 5.58. The molecule has 0 radical (unpaired) electrons. The Balaban J connectivity index is 1.43. The second kappa shape index (κ2) is 9.06. The van der Waals surface area contributed by atoms with Crippen LogP contribution in [0.4, 0.5) is 5.69 Å². The second-order valence-corrected chi connectivity index (χ2v) is 8.63. The minimum absolute atomic E-state index is 0.0248. The lowest BCUT2D eigenvalue weighted by atomic mass is 9.87. The third-order valence-corrected chi connectivity index (χ3v) is 6.81. The van der Waals surface area contributed by atoms with Gasteiger partial charge in [0.15, 0.2) is 0 Å². The first-order valence-corrected chi connectivity index (χ1v) is 10.9. The Kier molecular flexibility index (Phi) is 6.24. The first-order valence-electron chi connectivity index (χ1n) is 10.1. The van der Waals surface area contributed by atoms with Gasteiger partial charge in [0.2, 0.25) is 5.91 Å². The normalized spacial score (nSPS) is 18.5. The summed E-state index contributed by atoms with van der Waals surface area (Å²) in [7, 11) is 3.16. The van der Waals surface area contributed by atoms with Gasteiger partial charge in [0, 0.05) is 47.8 Å². The number of amides is 2. The molecular weight excluding hydrogens is 404 g/mol. The Morgan fingerprint density at radius 3 is 2.47 bits per heavy atom. The second-order valence-electron chi connectivity index (χ2n) is 7.49. The lowest BCUT2D eigenvalue weighted by molar-refractivity contribution is -0.120. The first kappa shape index (κ1) is 20.7. The molecule has 1 atom stereocenters. The van der Waals surface area contributed by atoms with Crippen molar-refractivity contribution >= 4 is 28.8 Å². The van der Waals surface area contributed by atoms with Gasteiger partial charge < -0.3 is 24.4 Å². The van der Waals surface area contributed by atoms with Gasteiger partial charge >= 0.3 is 0 Å². The van der Waals surface area contributed by atoms with E-state index in [1.165, 1.54) is 4.88 Å². The molecule has 1 aromatic carbocycles. The van der Waals surface area contributed by atoms with Crippen LogP contribution in [0.25, 0.3) is 0 Å². The van der Waals surface area contributed by atoms with Gasteiger partial charge in [0.05, 0.1) is 32.3 Å². The minimum Gasteiger partial charge on any atom is -0.497 e. The van der Waals surface area contributed by atoms with Crippen LogP contribution >= 0.6 is 11.3 Å². The smallest absolute Gasteiger partial charge is 0.264 e. The number of carbonyl (C=O) groups is 2. The van der Waals surface area contributed by atoms with Crippen LogP contribution in [0.15, 0.2) is 24.3 Å². The number of hydrogen-bond donors (Lipinski definition) is 1. The summed E-state index contributed by atoms with van der Waals surface area (Å²) in [6.45, 7) is 2.45. The molecule has 2 aliphatic rings. The predicted octanol–water partition coefficient (Wildman–Crippen LogP) is 2.98. The molecular formula is C22H26N2O5S. The maximum Gasteiger partial charge on any atom is 0.264 e. The largest absolute Gasteiger partial charge is 0.497 e. The molecule has 1 aromatic heterocycles. The zero-order chi connectivity index (χ0) is 21.1. The molecule has 2 heterocycles. The molecule has 1 saturated heterocycles. The highest BCUT2D eigenvalue weighted by atomic mass is 32.1. The Labute approximate surface area is 179 Å². The third kappa shape index (κ3) is 4.44. The van der Waals surface area contributed by atoms with Crippen LogP contribution in [-0.2, 0) is 22.4 Å². The van der Waals surface area contributed by atoms with E-state index in [4.69, 9.17) is 14.2 Å². The molecule has 1 N–H and O–H groups in total. The van der Waals surface area contributed by atoms with Crippen LogP contribution in [-0.4, -0.2) is 57.2 Å². The number of nitrogens with zero attached hydrogens (tertiary/aromatic N) is 1. The molecule has 4 rings (SSSR count). The van der Waals surface area contributed by atoms with Crippen molar-refractivity contribution in [3.05, 3.63) is 39.6 Å². The molecule has 0 spiro atoms. The number of aryl methyl sites for hydroxylation is 1. The monoisotopic (exact) mass is 430 g/mol. The summed E-state index contributed by atoms with van der Waals surface area (Å²) in [6.07, 6.45) is 2.23. The number of rotatable bonds is 5. The molecule has 0 saturated carbocycles. The van der Waals surface area contributed by atoms with Crippen molar-refractivity contribution in [2.45, 2.75) is 19.3 Å². The molecule has 2 amide bonds. The minimum atomic E-state index is -0.129. The van der Waals surface area contributed by atoms with Gasteiger partial charge in [-0.1, -0.05) is 0 Å². The molecule has 0 unspecified atom stereocenters. The van der Waals surface area contributed by atoms with Crippen LogP contribution in [0, 0.1) is 5.92 Å². The lowest BCUT2D eigenvalue weighted by Gasteiger charge is -2.26. The number of benzene rings is 1. The highest BCUT2D eigenvalue weighted by molar-refractivity contribution is 7.14. The standard InChI is InChI=1S/C22H26N2O5S/c1-27-17-11-16(12-18(13-17)28-2)23-21(25)14-3-4-19-15(9-14)10-20(30-19)22(26)24-5-7-29-8-6-24/h10-14H,3-9H2,1-2H3,(H,23,25)/t14-/m1/s1. The van der Waals surface area contributed by atoms with Gasteiger partial charge in [-0.15, -0.1) is 11.3 Å². The molecule has 160 valence electrons. The van der Waals surface area contributed by atoms with E-state index in [2.05, 4.69) is 5.32 Å². The van der Waals surface area contributed by atoms with Crippen molar-refractivity contribution < 1.29 is 23.8 Å². The van der Waals surface area contributed by atoms with Gasteiger partial charge in [-0.3, -0.25) is 9.59 Å². The van der Waals surface area contributed by atoms with Gasteiger partial charge in [0.25, 0.3) is 5.91 Å². The SMILES string of the molecule is COc1cc(NC(=O)[C@@H]2CCc3sc(C(=O)N4CCOCC4)cc3C2)cc(OC)c1. The molecule has 1 aliphatic carbocycles. The number of nitrogens with one attached hydrogen (secondary N) is 1. The van der Waals surface area contributed by atoms with Gasteiger partial charge in [0.1, 0.15) is 11.5 Å². The van der Waals surface area contributed by atoms with Gasteiger partial charge in [-0.05, 0) is 30.9 Å². The van der Waals surface area contributed by atoms with Crippen molar-refractivity contribution in [2.75, 3.05) is 45.8 Å². The fraction of sp³-hybridized carbons (Fsp3) is 0.455. The molecule has 0 bridgehead atoms. The average Bonchev–Trinajstić information content (AvgIpc) is 3.22. The van der Waals surface area contributed by atoms with Gasteiger partial charge in [-0.25, -0.2) is 0 Å². The number of carbonyl (C=O) groups excluding carboxylic acids is 2. The Hall–Kier alpha value is -2.58. The van der Waals surface area contributed by atoms with E-state index in [1.54, 1.807) is 43.8 Å². The maximum absolute atomic E-state index is 12.9. The molecule has 30 heavy (non-hydrogen) atoms. The van der Waals surface area contributed by atoms with E-state index in [-0.39, 0.29) is 17.7 Å². The number of fused-ring (bicyclic) bond motifs is 1. The van der Waals surface area contributed by atoms with E-state index < -0.39 is 0 Å². The maximum atomic E-state index is 12.9. The van der Waals surface area contributed by atoms with Crippen LogP contribution < -0.4 is 14.8 Å². The van der Waals surface area contributed by atoms with Crippen LogP contribution in [0.5, 0.6) is 11.5 Å². The molecule has 2 aromatic rings. The summed E-state index contributed by atoms with van der Waals surface area (Å²) in [5.41, 5.74) is 1.77. The summed E-state index contributed by atoms with van der Waals surface area (Å²) in [5, 5.41) is 2.99. The van der Waals surface area contributed by atoms with Crippen LogP contribution in [0.1, 0.15) is 26.5 Å². The highest BCUT2D eigenvalue weighted by Gasteiger charge is 2.29. The summed E-state index contributed by atoms with van der Waals surface area (Å²) in [5.74, 6) is 1.17. The Bertz CT molecular complexity index is 913. The summed E-state index contributed by atoms with van der Waals surface area (Å²) >= 11 is 1.57. The fourth-order valence-corrected chi connectivity index (χ4v) is 5.08. The number of morpholine rings is 1. The zero-order valence-corrected chi connectivity index (χ0v) is 18.0. The first-order chi connectivity index (χ1) is 14.6. The van der Waals surface area contributed by atoms with Crippen molar-refractivity contribution in [3.63, 3.8) is 0 Å². The molecule has 1 fully saturated rings.